The largest absolute Gasteiger partial charge is 0.360 e. The van der Waals surface area contributed by atoms with Crippen LogP contribution in [0.2, 0.25) is 0 Å². The number of rotatable bonds is 5. The summed E-state index contributed by atoms with van der Waals surface area (Å²) in [5, 5.41) is 7.43. The minimum atomic E-state index is 0.0997. The Kier molecular flexibility index (Phi) is 6.00. The van der Waals surface area contributed by atoms with Crippen molar-refractivity contribution in [2.24, 2.45) is 0 Å². The second-order valence-corrected chi connectivity index (χ2v) is 7.68. The molecule has 0 aliphatic carbocycles. The smallest absolute Gasteiger partial charge is 0.170 e. The molecule has 0 heterocycles. The predicted molar refractivity (Wildman–Crippen MR) is 109 cm³/mol. The highest BCUT2D eigenvalue weighted by Crippen LogP contribution is 2.28. The van der Waals surface area contributed by atoms with E-state index in [0.717, 1.165) is 12.1 Å². The molecule has 3 heteroatoms. The molecule has 2 rings (SSSR count). The molecule has 0 aromatic heterocycles. The zero-order valence-corrected chi connectivity index (χ0v) is 16.1. The van der Waals surface area contributed by atoms with Gasteiger partial charge in [-0.15, -0.1) is 0 Å². The SMILES string of the molecule is Cc1ccc(C)c(NC(=S)NC(C)CC(C)(C)c2ccccc2)c1. The van der Waals surface area contributed by atoms with Crippen molar-refractivity contribution < 1.29 is 0 Å². The van der Waals surface area contributed by atoms with Crippen LogP contribution in [0.15, 0.2) is 48.5 Å². The van der Waals surface area contributed by atoms with Gasteiger partial charge in [-0.3, -0.25) is 0 Å². The van der Waals surface area contributed by atoms with Gasteiger partial charge in [0.25, 0.3) is 0 Å². The van der Waals surface area contributed by atoms with Crippen LogP contribution in [0.1, 0.15) is 43.9 Å². The van der Waals surface area contributed by atoms with Gasteiger partial charge in [0.1, 0.15) is 0 Å². The Morgan fingerprint density at radius 3 is 2.42 bits per heavy atom. The van der Waals surface area contributed by atoms with E-state index in [-0.39, 0.29) is 11.5 Å². The molecule has 1 atom stereocenters. The second kappa shape index (κ2) is 7.80. The molecule has 24 heavy (non-hydrogen) atoms. The minimum absolute atomic E-state index is 0.0997. The summed E-state index contributed by atoms with van der Waals surface area (Å²) in [7, 11) is 0. The molecule has 2 aromatic carbocycles. The normalized spacial score (nSPS) is 12.5. The van der Waals surface area contributed by atoms with Crippen molar-refractivity contribution in [2.75, 3.05) is 5.32 Å². The van der Waals surface area contributed by atoms with Crippen molar-refractivity contribution in [1.29, 1.82) is 0 Å². The first-order valence-electron chi connectivity index (χ1n) is 8.48. The predicted octanol–water partition coefficient (Wildman–Crippen LogP) is 5.35. The molecule has 0 saturated heterocycles. The van der Waals surface area contributed by atoms with Gasteiger partial charge >= 0.3 is 0 Å². The van der Waals surface area contributed by atoms with Crippen LogP contribution in [0.5, 0.6) is 0 Å². The van der Waals surface area contributed by atoms with Gasteiger partial charge < -0.3 is 10.6 Å². The molecular formula is C21H28N2S. The minimum Gasteiger partial charge on any atom is -0.360 e. The lowest BCUT2D eigenvalue weighted by atomic mass is 9.79. The standard InChI is InChI=1S/C21H28N2S/c1-15-11-12-16(2)19(13-15)23-20(24)22-17(3)14-21(4,5)18-9-7-6-8-10-18/h6-13,17H,14H2,1-5H3,(H2,22,23,24). The Morgan fingerprint density at radius 2 is 1.75 bits per heavy atom. The third kappa shape index (κ3) is 5.07. The Morgan fingerprint density at radius 1 is 1.08 bits per heavy atom. The van der Waals surface area contributed by atoms with Crippen LogP contribution in [0.4, 0.5) is 5.69 Å². The fraction of sp³-hybridized carbons (Fsp3) is 0.381. The zero-order valence-electron chi connectivity index (χ0n) is 15.3. The molecule has 2 N–H and O–H groups in total. The topological polar surface area (TPSA) is 24.1 Å². The van der Waals surface area contributed by atoms with E-state index in [1.165, 1.54) is 16.7 Å². The molecule has 1 unspecified atom stereocenters. The quantitative estimate of drug-likeness (QED) is 0.718. The number of hydrogen-bond acceptors (Lipinski definition) is 1. The second-order valence-electron chi connectivity index (χ2n) is 7.27. The molecule has 0 radical (unpaired) electrons. The molecule has 0 fully saturated rings. The Hall–Kier alpha value is -1.87. The zero-order chi connectivity index (χ0) is 17.7. The number of hydrogen-bond donors (Lipinski definition) is 2. The molecule has 0 bridgehead atoms. The van der Waals surface area contributed by atoms with Crippen LogP contribution in [-0.2, 0) is 5.41 Å². The van der Waals surface area contributed by atoms with E-state index in [9.17, 15) is 0 Å². The van der Waals surface area contributed by atoms with Crippen molar-refractivity contribution in [3.63, 3.8) is 0 Å². The lowest BCUT2D eigenvalue weighted by molar-refractivity contribution is 0.420. The Labute approximate surface area is 151 Å². The van der Waals surface area contributed by atoms with Crippen LogP contribution in [0, 0.1) is 13.8 Å². The van der Waals surface area contributed by atoms with Crippen molar-refractivity contribution in [1.82, 2.24) is 5.32 Å². The summed E-state index contributed by atoms with van der Waals surface area (Å²) in [5.41, 5.74) is 4.95. The van der Waals surface area contributed by atoms with E-state index < -0.39 is 0 Å². The van der Waals surface area contributed by atoms with Crippen LogP contribution < -0.4 is 10.6 Å². The molecule has 0 saturated carbocycles. The highest BCUT2D eigenvalue weighted by molar-refractivity contribution is 7.80. The van der Waals surface area contributed by atoms with Gasteiger partial charge in [0, 0.05) is 11.7 Å². The number of thiocarbonyl (C=S) groups is 1. The van der Waals surface area contributed by atoms with Gasteiger partial charge in [0.05, 0.1) is 0 Å². The maximum atomic E-state index is 5.50. The van der Waals surface area contributed by atoms with E-state index in [0.29, 0.717) is 5.11 Å². The summed E-state index contributed by atoms with van der Waals surface area (Å²) in [6.45, 7) is 10.9. The van der Waals surface area contributed by atoms with E-state index in [1.54, 1.807) is 0 Å². The highest BCUT2D eigenvalue weighted by atomic mass is 32.1. The summed E-state index contributed by atoms with van der Waals surface area (Å²) in [5.74, 6) is 0. The van der Waals surface area contributed by atoms with Gasteiger partial charge in [0.2, 0.25) is 0 Å². The van der Waals surface area contributed by atoms with E-state index in [1.807, 2.05) is 0 Å². The van der Waals surface area contributed by atoms with Crippen molar-refractivity contribution in [2.45, 2.75) is 52.5 Å². The third-order valence-corrected chi connectivity index (χ3v) is 4.61. The average Bonchev–Trinajstić information content (AvgIpc) is 2.51. The van der Waals surface area contributed by atoms with Crippen LogP contribution >= 0.6 is 12.2 Å². The highest BCUT2D eigenvalue weighted by Gasteiger charge is 2.23. The third-order valence-electron chi connectivity index (χ3n) is 4.39. The van der Waals surface area contributed by atoms with Crippen LogP contribution in [-0.4, -0.2) is 11.2 Å². The van der Waals surface area contributed by atoms with Crippen molar-refractivity contribution in [3.8, 4) is 0 Å². The number of aryl methyl sites for hydroxylation is 2. The van der Waals surface area contributed by atoms with Crippen LogP contribution in [0.3, 0.4) is 0 Å². The lowest BCUT2D eigenvalue weighted by Gasteiger charge is -2.30. The molecule has 0 spiro atoms. The van der Waals surface area contributed by atoms with E-state index in [4.69, 9.17) is 12.2 Å². The fourth-order valence-electron chi connectivity index (χ4n) is 3.08. The van der Waals surface area contributed by atoms with Crippen molar-refractivity contribution in [3.05, 3.63) is 65.2 Å². The maximum absolute atomic E-state index is 5.50. The first-order chi connectivity index (χ1) is 11.3. The molecule has 0 aliphatic heterocycles. The molecule has 0 amide bonds. The summed E-state index contributed by atoms with van der Waals surface area (Å²) in [4.78, 5) is 0. The molecule has 128 valence electrons. The molecule has 2 nitrogen and oxygen atoms in total. The number of benzene rings is 2. The van der Waals surface area contributed by atoms with Gasteiger partial charge in [-0.05, 0) is 67.6 Å². The first kappa shape index (κ1) is 18.5. The van der Waals surface area contributed by atoms with Gasteiger partial charge in [-0.1, -0.05) is 56.3 Å². The maximum Gasteiger partial charge on any atom is 0.170 e. The molecular weight excluding hydrogens is 312 g/mol. The van der Waals surface area contributed by atoms with Gasteiger partial charge in [0.15, 0.2) is 5.11 Å². The van der Waals surface area contributed by atoms with Crippen LogP contribution in [0.25, 0.3) is 0 Å². The summed E-state index contributed by atoms with van der Waals surface area (Å²) in [6.07, 6.45) is 1.01. The monoisotopic (exact) mass is 340 g/mol. The summed E-state index contributed by atoms with van der Waals surface area (Å²) in [6, 6.07) is 17.3. The van der Waals surface area contributed by atoms with Crippen molar-refractivity contribution >= 4 is 23.0 Å². The molecule has 2 aromatic rings. The van der Waals surface area contributed by atoms with Gasteiger partial charge in [-0.25, -0.2) is 0 Å². The summed E-state index contributed by atoms with van der Waals surface area (Å²) < 4.78 is 0. The Balaban J connectivity index is 1.95. The van der Waals surface area contributed by atoms with E-state index in [2.05, 4.69) is 93.8 Å². The van der Waals surface area contributed by atoms with E-state index >= 15 is 0 Å². The number of anilines is 1. The fourth-order valence-corrected chi connectivity index (χ4v) is 3.39. The van der Waals surface area contributed by atoms with Gasteiger partial charge in [-0.2, -0.15) is 0 Å². The number of nitrogens with one attached hydrogen (secondary N) is 2. The first-order valence-corrected chi connectivity index (χ1v) is 8.89. The lowest BCUT2D eigenvalue weighted by Crippen LogP contribution is -2.39. The molecule has 0 aliphatic rings. The summed E-state index contributed by atoms with van der Waals surface area (Å²) >= 11 is 5.50. The Bertz CT molecular complexity index is 692. The average molecular weight is 341 g/mol.